The summed E-state index contributed by atoms with van der Waals surface area (Å²) < 4.78 is 5.65. The molecule has 1 aromatic heterocycles. The number of amides is 1. The van der Waals surface area contributed by atoms with Gasteiger partial charge < -0.3 is 15.2 Å². The second-order valence-corrected chi connectivity index (χ2v) is 9.18. The molecule has 1 heterocycles. The summed E-state index contributed by atoms with van der Waals surface area (Å²) >= 11 is 13.3. The first kappa shape index (κ1) is 22.4. The monoisotopic (exact) mass is 441 g/mol. The number of carbonyl (C=O) groups excluding carboxylic acids is 2. The van der Waals surface area contributed by atoms with Crippen molar-refractivity contribution in [1.82, 2.24) is 5.32 Å². The number of hydrogen-bond acceptors (Lipinski definition) is 5. The van der Waals surface area contributed by atoms with Crippen LogP contribution in [0.5, 0.6) is 0 Å². The minimum atomic E-state index is -1.06. The first-order valence-corrected chi connectivity index (χ1v) is 10.0. The standard InChI is InChI=1S/C20H21Cl2NO4S/c1-20(2,3)27-17(25)10-9-16(24)23-18(14-7-8-15(22)28-14)19(26)12-5-4-6-13(21)11-12/h4-11,18-19,26H,1-3H3,(H,23,24)/b10-9+/t18-,19?/m1/s1. The Kier molecular flexibility index (Phi) is 7.66. The highest BCUT2D eigenvalue weighted by atomic mass is 35.5. The summed E-state index contributed by atoms with van der Waals surface area (Å²) in [7, 11) is 0. The lowest BCUT2D eigenvalue weighted by molar-refractivity contribution is -0.148. The molecule has 2 atom stereocenters. The van der Waals surface area contributed by atoms with Crippen molar-refractivity contribution in [2.24, 2.45) is 0 Å². The predicted octanol–water partition coefficient (Wildman–Crippen LogP) is 4.84. The number of ether oxygens (including phenoxy) is 1. The van der Waals surface area contributed by atoms with E-state index in [0.29, 0.717) is 19.8 Å². The molecule has 0 saturated heterocycles. The van der Waals surface area contributed by atoms with Crippen LogP contribution in [0, 0.1) is 0 Å². The van der Waals surface area contributed by atoms with Crippen molar-refractivity contribution in [3.63, 3.8) is 0 Å². The maximum Gasteiger partial charge on any atom is 0.331 e. The van der Waals surface area contributed by atoms with E-state index in [9.17, 15) is 14.7 Å². The van der Waals surface area contributed by atoms with Gasteiger partial charge in [0.15, 0.2) is 0 Å². The zero-order valence-electron chi connectivity index (χ0n) is 15.6. The van der Waals surface area contributed by atoms with Crippen molar-refractivity contribution in [2.45, 2.75) is 38.5 Å². The van der Waals surface area contributed by atoms with Crippen LogP contribution in [-0.4, -0.2) is 22.6 Å². The average Bonchev–Trinajstić information content (AvgIpc) is 3.02. The Hall–Kier alpha value is -1.86. The molecular formula is C20H21Cl2NO4S. The lowest BCUT2D eigenvalue weighted by Gasteiger charge is -2.23. The number of hydrogen-bond donors (Lipinski definition) is 2. The fourth-order valence-corrected chi connectivity index (χ4v) is 3.71. The molecule has 0 radical (unpaired) electrons. The number of nitrogens with one attached hydrogen (secondary N) is 1. The molecule has 1 amide bonds. The van der Waals surface area contributed by atoms with Gasteiger partial charge in [-0.05, 0) is 50.6 Å². The SMILES string of the molecule is CC(C)(C)OC(=O)/C=C/C(=O)N[C@H](c1ccc(Cl)s1)C(O)c1cccc(Cl)c1. The van der Waals surface area contributed by atoms with Crippen LogP contribution in [-0.2, 0) is 14.3 Å². The van der Waals surface area contributed by atoms with Crippen LogP contribution in [0.1, 0.15) is 43.4 Å². The molecule has 0 fully saturated rings. The van der Waals surface area contributed by atoms with Gasteiger partial charge in [0, 0.05) is 22.1 Å². The van der Waals surface area contributed by atoms with E-state index in [4.69, 9.17) is 27.9 Å². The molecule has 2 aromatic rings. The molecule has 1 aromatic carbocycles. The fourth-order valence-electron chi connectivity index (χ4n) is 2.37. The van der Waals surface area contributed by atoms with Gasteiger partial charge >= 0.3 is 5.97 Å². The van der Waals surface area contributed by atoms with E-state index >= 15 is 0 Å². The van der Waals surface area contributed by atoms with Gasteiger partial charge in [-0.2, -0.15) is 0 Å². The molecule has 150 valence electrons. The first-order chi connectivity index (χ1) is 13.0. The van der Waals surface area contributed by atoms with Crippen LogP contribution in [0.15, 0.2) is 48.6 Å². The summed E-state index contributed by atoms with van der Waals surface area (Å²) in [6.07, 6.45) is 1.05. The molecular weight excluding hydrogens is 421 g/mol. The molecule has 0 aliphatic heterocycles. The smallest absolute Gasteiger partial charge is 0.331 e. The maximum atomic E-state index is 12.3. The molecule has 2 rings (SSSR count). The van der Waals surface area contributed by atoms with E-state index in [2.05, 4.69) is 5.32 Å². The van der Waals surface area contributed by atoms with Crippen molar-refractivity contribution in [1.29, 1.82) is 0 Å². The van der Waals surface area contributed by atoms with E-state index in [1.54, 1.807) is 57.2 Å². The Bertz CT molecular complexity index is 873. The van der Waals surface area contributed by atoms with Gasteiger partial charge in [-0.25, -0.2) is 4.79 Å². The fraction of sp³-hybridized carbons (Fsp3) is 0.300. The molecule has 5 nitrogen and oxygen atoms in total. The molecule has 0 aliphatic carbocycles. The summed E-state index contributed by atoms with van der Waals surface area (Å²) in [5.41, 5.74) is -0.116. The summed E-state index contributed by atoms with van der Waals surface area (Å²) in [6, 6.07) is 9.37. The zero-order chi connectivity index (χ0) is 20.9. The van der Waals surface area contributed by atoms with Gasteiger partial charge in [-0.15, -0.1) is 11.3 Å². The third-order valence-electron chi connectivity index (χ3n) is 3.48. The molecule has 28 heavy (non-hydrogen) atoms. The Morgan fingerprint density at radius 3 is 2.46 bits per heavy atom. The number of halogens is 2. The summed E-state index contributed by atoms with van der Waals surface area (Å²) in [4.78, 5) is 24.7. The van der Waals surface area contributed by atoms with Crippen molar-refractivity contribution in [3.8, 4) is 0 Å². The third-order valence-corrected chi connectivity index (χ3v) is 5.03. The average molecular weight is 442 g/mol. The molecule has 0 saturated carbocycles. The predicted molar refractivity (Wildman–Crippen MR) is 112 cm³/mol. The zero-order valence-corrected chi connectivity index (χ0v) is 17.9. The largest absolute Gasteiger partial charge is 0.457 e. The van der Waals surface area contributed by atoms with Gasteiger partial charge in [0.25, 0.3) is 0 Å². The van der Waals surface area contributed by atoms with E-state index in [1.807, 2.05) is 0 Å². The van der Waals surface area contributed by atoms with Crippen molar-refractivity contribution < 1.29 is 19.4 Å². The Balaban J connectivity index is 2.18. The summed E-state index contributed by atoms with van der Waals surface area (Å²) in [5.74, 6) is -1.18. The van der Waals surface area contributed by atoms with Crippen LogP contribution >= 0.6 is 34.5 Å². The first-order valence-electron chi connectivity index (χ1n) is 8.45. The molecule has 0 aliphatic rings. The highest BCUT2D eigenvalue weighted by Crippen LogP contribution is 2.35. The molecule has 2 N–H and O–H groups in total. The van der Waals surface area contributed by atoms with E-state index in [-0.39, 0.29) is 0 Å². The lowest BCUT2D eigenvalue weighted by Crippen LogP contribution is -2.31. The van der Waals surface area contributed by atoms with Crippen LogP contribution in [0.4, 0.5) is 0 Å². The van der Waals surface area contributed by atoms with Gasteiger partial charge in [-0.3, -0.25) is 4.79 Å². The van der Waals surface area contributed by atoms with Gasteiger partial charge in [0.2, 0.25) is 5.91 Å². The second-order valence-electron chi connectivity index (χ2n) is 6.99. The molecule has 8 heteroatoms. The van der Waals surface area contributed by atoms with Gasteiger partial charge in [-0.1, -0.05) is 35.3 Å². The Morgan fingerprint density at radius 1 is 1.18 bits per heavy atom. The van der Waals surface area contributed by atoms with Crippen LogP contribution < -0.4 is 5.32 Å². The van der Waals surface area contributed by atoms with Gasteiger partial charge in [0.05, 0.1) is 10.4 Å². The van der Waals surface area contributed by atoms with Gasteiger partial charge in [0.1, 0.15) is 11.7 Å². The molecule has 0 spiro atoms. The summed E-state index contributed by atoms with van der Waals surface area (Å²) in [5, 5.41) is 14.0. The number of aliphatic hydroxyl groups excluding tert-OH is 1. The van der Waals surface area contributed by atoms with E-state index in [1.165, 1.54) is 11.3 Å². The minimum Gasteiger partial charge on any atom is -0.457 e. The van der Waals surface area contributed by atoms with E-state index in [0.717, 1.165) is 12.2 Å². The van der Waals surface area contributed by atoms with E-state index < -0.39 is 29.6 Å². The highest BCUT2D eigenvalue weighted by Gasteiger charge is 2.26. The number of aliphatic hydroxyl groups is 1. The Morgan fingerprint density at radius 2 is 1.89 bits per heavy atom. The normalized spacial score (nSPS) is 13.9. The highest BCUT2D eigenvalue weighted by molar-refractivity contribution is 7.16. The minimum absolute atomic E-state index is 0.468. The Labute approximate surface area is 177 Å². The van der Waals surface area contributed by atoms with Crippen molar-refractivity contribution >= 4 is 46.4 Å². The second kappa shape index (κ2) is 9.56. The number of rotatable bonds is 6. The molecule has 0 bridgehead atoms. The third kappa shape index (κ3) is 6.95. The number of carbonyl (C=O) groups is 2. The van der Waals surface area contributed by atoms with Crippen LogP contribution in [0.25, 0.3) is 0 Å². The maximum absolute atomic E-state index is 12.3. The molecule has 1 unspecified atom stereocenters. The topological polar surface area (TPSA) is 75.6 Å². The number of thiophene rings is 1. The quantitative estimate of drug-likeness (QED) is 0.496. The van der Waals surface area contributed by atoms with Crippen LogP contribution in [0.3, 0.4) is 0 Å². The van der Waals surface area contributed by atoms with Crippen LogP contribution in [0.2, 0.25) is 9.36 Å². The number of esters is 1. The number of benzene rings is 1. The lowest BCUT2D eigenvalue weighted by atomic mass is 10.0. The van der Waals surface area contributed by atoms with Crippen molar-refractivity contribution in [3.05, 3.63) is 68.3 Å². The summed E-state index contributed by atoms with van der Waals surface area (Å²) in [6.45, 7) is 5.20. The van der Waals surface area contributed by atoms with Crippen molar-refractivity contribution in [2.75, 3.05) is 0 Å².